The third-order valence-corrected chi connectivity index (χ3v) is 9.78. The number of sulfonamides is 1. The molecule has 9 heteroatoms. The molecule has 4 aliphatic carbocycles. The summed E-state index contributed by atoms with van der Waals surface area (Å²) in [5.74, 6) is 1.57. The molecule has 4 aliphatic rings. The van der Waals surface area contributed by atoms with E-state index >= 15 is 0 Å². The fourth-order valence-corrected chi connectivity index (χ4v) is 7.97. The van der Waals surface area contributed by atoms with E-state index in [0.29, 0.717) is 10.9 Å². The predicted octanol–water partition coefficient (Wildman–Crippen LogP) is 3.07. The molecule has 0 unspecified atom stereocenters. The van der Waals surface area contributed by atoms with E-state index in [1.165, 1.54) is 51.6 Å². The first-order valence-electron chi connectivity index (χ1n) is 10.4. The predicted molar refractivity (Wildman–Crippen MR) is 116 cm³/mol. The zero-order valence-corrected chi connectivity index (χ0v) is 19.7. The average Bonchev–Trinajstić information content (AvgIpc) is 2.64. The van der Waals surface area contributed by atoms with E-state index in [4.69, 9.17) is 0 Å². The van der Waals surface area contributed by atoms with Crippen LogP contribution in [0.25, 0.3) is 0 Å². The minimum absolute atomic E-state index is 0.0000404. The van der Waals surface area contributed by atoms with Crippen molar-refractivity contribution in [2.75, 3.05) is 14.1 Å². The minimum atomic E-state index is -3.71. The van der Waals surface area contributed by atoms with Crippen molar-refractivity contribution in [1.29, 1.82) is 0 Å². The van der Waals surface area contributed by atoms with Crippen molar-refractivity contribution in [3.63, 3.8) is 0 Å². The molecule has 0 atom stereocenters. The van der Waals surface area contributed by atoms with Crippen molar-refractivity contribution in [2.45, 2.75) is 49.8 Å². The number of amides is 2. The molecule has 4 fully saturated rings. The number of carbonyl (C=O) groups excluding carboxylic acids is 2. The second-order valence-corrected chi connectivity index (χ2v) is 12.5. The summed E-state index contributed by atoms with van der Waals surface area (Å²) in [4.78, 5) is 25.1. The van der Waals surface area contributed by atoms with Crippen LogP contribution in [0.5, 0.6) is 0 Å². The standard InChI is InChI=1S/C21H28BrN3O4S/c1-25(2)30(28,29)18-8-16(3-4-17(18)22)20(27)24-23-19(26)12-21-9-13-5-14(10-21)7-15(6-13)11-21/h3-4,8,13-15H,5-7,9-12H2,1-2H3,(H,23,26)(H,24,27). The van der Waals surface area contributed by atoms with Crippen LogP contribution in [0.3, 0.4) is 0 Å². The van der Waals surface area contributed by atoms with Gasteiger partial charge in [0.25, 0.3) is 5.91 Å². The van der Waals surface area contributed by atoms with Crippen molar-refractivity contribution in [1.82, 2.24) is 15.2 Å². The lowest BCUT2D eigenvalue weighted by Gasteiger charge is -2.56. The van der Waals surface area contributed by atoms with Crippen molar-refractivity contribution >= 4 is 37.8 Å². The van der Waals surface area contributed by atoms with Gasteiger partial charge >= 0.3 is 0 Å². The maximum atomic E-state index is 12.6. The summed E-state index contributed by atoms with van der Waals surface area (Å²) in [5.41, 5.74) is 5.24. The molecule has 5 rings (SSSR count). The lowest BCUT2D eigenvalue weighted by atomic mass is 9.49. The molecule has 0 spiro atoms. The molecule has 4 saturated carbocycles. The van der Waals surface area contributed by atoms with Crippen LogP contribution in [0.1, 0.15) is 55.3 Å². The smallest absolute Gasteiger partial charge is 0.269 e. The van der Waals surface area contributed by atoms with Crippen molar-refractivity contribution in [3.05, 3.63) is 28.2 Å². The Bertz CT molecular complexity index is 941. The number of carbonyl (C=O) groups is 2. The van der Waals surface area contributed by atoms with E-state index in [9.17, 15) is 18.0 Å². The van der Waals surface area contributed by atoms with Gasteiger partial charge in [-0.2, -0.15) is 0 Å². The van der Waals surface area contributed by atoms with Crippen molar-refractivity contribution in [2.24, 2.45) is 23.2 Å². The van der Waals surface area contributed by atoms with Gasteiger partial charge in [-0.25, -0.2) is 12.7 Å². The molecule has 1 aromatic rings. The fraction of sp³-hybridized carbons (Fsp3) is 0.619. The molecule has 0 heterocycles. The largest absolute Gasteiger partial charge is 0.273 e. The monoisotopic (exact) mass is 497 g/mol. The molecule has 164 valence electrons. The van der Waals surface area contributed by atoms with E-state index in [1.807, 2.05) is 0 Å². The van der Waals surface area contributed by atoms with Gasteiger partial charge in [-0.1, -0.05) is 0 Å². The summed E-state index contributed by atoms with van der Waals surface area (Å²) in [5, 5.41) is 0. The van der Waals surface area contributed by atoms with E-state index in [-0.39, 0.29) is 21.8 Å². The molecule has 2 amide bonds. The summed E-state index contributed by atoms with van der Waals surface area (Å²) in [6.45, 7) is 0. The van der Waals surface area contributed by atoms with Crippen LogP contribution in [0, 0.1) is 23.2 Å². The van der Waals surface area contributed by atoms with Crippen molar-refractivity contribution in [3.8, 4) is 0 Å². The van der Waals surface area contributed by atoms with E-state index in [2.05, 4.69) is 26.8 Å². The average molecular weight is 498 g/mol. The lowest BCUT2D eigenvalue weighted by molar-refractivity contribution is -0.130. The Hall–Kier alpha value is -1.45. The van der Waals surface area contributed by atoms with Gasteiger partial charge < -0.3 is 0 Å². The maximum Gasteiger partial charge on any atom is 0.269 e. The Morgan fingerprint density at radius 1 is 1.07 bits per heavy atom. The highest BCUT2D eigenvalue weighted by atomic mass is 79.9. The third-order valence-electron chi connectivity index (χ3n) is 6.97. The molecule has 0 aromatic heterocycles. The molecular formula is C21H28BrN3O4S. The molecule has 0 radical (unpaired) electrons. The van der Waals surface area contributed by atoms with Gasteiger partial charge in [0.1, 0.15) is 0 Å². The van der Waals surface area contributed by atoms with Gasteiger partial charge in [-0.15, -0.1) is 0 Å². The third kappa shape index (κ3) is 4.16. The normalized spacial score (nSPS) is 29.8. The Kier molecular flexibility index (Phi) is 5.74. The first-order chi connectivity index (χ1) is 14.1. The molecule has 0 saturated heterocycles. The molecule has 30 heavy (non-hydrogen) atoms. The number of hydrogen-bond donors (Lipinski definition) is 2. The summed E-state index contributed by atoms with van der Waals surface area (Å²) < 4.78 is 26.3. The van der Waals surface area contributed by atoms with E-state index in [1.54, 1.807) is 0 Å². The molecular weight excluding hydrogens is 470 g/mol. The van der Waals surface area contributed by atoms with Crippen LogP contribution >= 0.6 is 15.9 Å². The Labute approximate surface area is 186 Å². The molecule has 7 nitrogen and oxygen atoms in total. The summed E-state index contributed by atoms with van der Waals surface area (Å²) >= 11 is 3.23. The second kappa shape index (κ2) is 7.91. The van der Waals surface area contributed by atoms with Crippen LogP contribution in [-0.4, -0.2) is 38.6 Å². The zero-order valence-electron chi connectivity index (χ0n) is 17.3. The van der Waals surface area contributed by atoms with Gasteiger partial charge in [0, 0.05) is 30.6 Å². The van der Waals surface area contributed by atoms with Gasteiger partial charge in [0.05, 0.1) is 4.90 Å². The number of hydrogen-bond acceptors (Lipinski definition) is 4. The first-order valence-corrected chi connectivity index (χ1v) is 12.6. The molecule has 2 N–H and O–H groups in total. The Balaban J connectivity index is 1.39. The Morgan fingerprint density at radius 3 is 2.17 bits per heavy atom. The number of halogens is 1. The van der Waals surface area contributed by atoms with Gasteiger partial charge in [0.15, 0.2) is 0 Å². The van der Waals surface area contributed by atoms with E-state index < -0.39 is 15.9 Å². The number of nitrogens with one attached hydrogen (secondary N) is 2. The second-order valence-electron chi connectivity index (χ2n) is 9.53. The topological polar surface area (TPSA) is 95.6 Å². The summed E-state index contributed by atoms with van der Waals surface area (Å²) in [6.07, 6.45) is 7.77. The first kappa shape index (κ1) is 21.8. The maximum absolute atomic E-state index is 12.6. The zero-order chi connectivity index (χ0) is 21.7. The number of rotatable bonds is 5. The molecule has 4 bridgehead atoms. The van der Waals surface area contributed by atoms with Crippen molar-refractivity contribution < 1.29 is 18.0 Å². The molecule has 0 aliphatic heterocycles. The minimum Gasteiger partial charge on any atom is -0.273 e. The van der Waals surface area contributed by atoms with E-state index in [0.717, 1.165) is 41.3 Å². The highest BCUT2D eigenvalue weighted by Crippen LogP contribution is 2.61. The van der Waals surface area contributed by atoms with Gasteiger partial charge in [0.2, 0.25) is 15.9 Å². The lowest BCUT2D eigenvalue weighted by Crippen LogP contribution is -2.50. The Morgan fingerprint density at radius 2 is 1.63 bits per heavy atom. The highest BCUT2D eigenvalue weighted by Gasteiger charge is 2.51. The summed E-state index contributed by atoms with van der Waals surface area (Å²) in [6, 6.07) is 4.34. The van der Waals surface area contributed by atoms with Crippen LogP contribution in [0.4, 0.5) is 0 Å². The number of nitrogens with zero attached hydrogens (tertiary/aromatic N) is 1. The summed E-state index contributed by atoms with van der Waals surface area (Å²) in [7, 11) is -0.847. The van der Waals surface area contributed by atoms with Gasteiger partial charge in [-0.3, -0.25) is 20.4 Å². The highest BCUT2D eigenvalue weighted by molar-refractivity contribution is 9.10. The van der Waals surface area contributed by atoms with Crippen LogP contribution in [0.2, 0.25) is 0 Å². The fourth-order valence-electron chi connectivity index (χ4n) is 6.13. The SMILES string of the molecule is CN(C)S(=O)(=O)c1cc(C(=O)NNC(=O)CC23CC4CC(CC(C4)C2)C3)ccc1Br. The van der Waals surface area contributed by atoms with Crippen LogP contribution in [-0.2, 0) is 14.8 Å². The van der Waals surface area contributed by atoms with Gasteiger partial charge in [-0.05, 0) is 95.8 Å². The molecule has 1 aromatic carbocycles. The van der Waals surface area contributed by atoms with Crippen LogP contribution < -0.4 is 10.9 Å². The number of benzene rings is 1. The number of hydrazine groups is 1. The van der Waals surface area contributed by atoms with Crippen LogP contribution in [0.15, 0.2) is 27.6 Å². The quantitative estimate of drug-likeness (QED) is 0.610.